The third kappa shape index (κ3) is 6.73. The van der Waals surface area contributed by atoms with Crippen LogP contribution < -0.4 is 15.4 Å². The number of hydrogen-bond acceptors (Lipinski definition) is 4. The summed E-state index contributed by atoms with van der Waals surface area (Å²) in [5.74, 6) is 0.740. The van der Waals surface area contributed by atoms with Gasteiger partial charge in [0.25, 0.3) is 0 Å². The fourth-order valence-corrected chi connectivity index (χ4v) is 2.83. The van der Waals surface area contributed by atoms with E-state index in [1.54, 1.807) is 36.0 Å². The van der Waals surface area contributed by atoms with Crippen LogP contribution in [0.2, 0.25) is 0 Å². The molecule has 0 unspecified atom stereocenters. The zero-order chi connectivity index (χ0) is 17.5. The van der Waals surface area contributed by atoms with Crippen molar-refractivity contribution in [3.05, 3.63) is 45.4 Å². The third-order valence-electron chi connectivity index (χ3n) is 3.36. The maximum absolute atomic E-state index is 12.5. The highest BCUT2D eigenvalue weighted by atomic mass is 127. The van der Waals surface area contributed by atoms with Crippen LogP contribution in [0.5, 0.6) is 5.75 Å². The number of guanidine groups is 1. The number of halogens is 3. The van der Waals surface area contributed by atoms with Crippen molar-refractivity contribution in [2.75, 3.05) is 7.05 Å². The minimum absolute atomic E-state index is 0. The van der Waals surface area contributed by atoms with Gasteiger partial charge in [0.15, 0.2) is 5.96 Å². The van der Waals surface area contributed by atoms with Crippen LogP contribution in [0.3, 0.4) is 0 Å². The molecule has 0 radical (unpaired) electrons. The van der Waals surface area contributed by atoms with E-state index in [1.165, 1.54) is 0 Å². The van der Waals surface area contributed by atoms with Crippen LogP contribution in [0.4, 0.5) is 8.78 Å². The smallest absolute Gasteiger partial charge is 0.387 e. The van der Waals surface area contributed by atoms with Crippen LogP contribution in [0.25, 0.3) is 0 Å². The maximum atomic E-state index is 12.5. The largest absolute Gasteiger partial charge is 0.434 e. The summed E-state index contributed by atoms with van der Waals surface area (Å²) >= 11 is 1.57. The molecule has 1 aromatic heterocycles. The van der Waals surface area contributed by atoms with Crippen LogP contribution in [-0.4, -0.2) is 24.6 Å². The van der Waals surface area contributed by atoms with Crippen LogP contribution in [0, 0.1) is 13.8 Å². The van der Waals surface area contributed by atoms with E-state index in [-0.39, 0.29) is 29.7 Å². The molecule has 9 heteroatoms. The van der Waals surface area contributed by atoms with Crippen LogP contribution >= 0.6 is 35.3 Å². The van der Waals surface area contributed by atoms with E-state index in [9.17, 15) is 8.78 Å². The van der Waals surface area contributed by atoms with Crippen molar-refractivity contribution < 1.29 is 13.5 Å². The van der Waals surface area contributed by atoms with Crippen LogP contribution in [0.1, 0.15) is 21.7 Å². The summed E-state index contributed by atoms with van der Waals surface area (Å²) in [5, 5.41) is 6.28. The zero-order valence-corrected chi connectivity index (χ0v) is 17.3. The Kier molecular flexibility index (Phi) is 9.04. The number of hydrogen-bond donors (Lipinski definition) is 2. The number of aliphatic imine (C=N–C) groups is 1. The standard InChI is InChI=1S/C16H20F2N4OS.HI/c1-10-4-5-13(23-15(17)18)12(6-10)7-20-16(19-3)21-8-14-11(2)22-9-24-14;/h4-6,9,15H,7-8H2,1-3H3,(H2,19,20,21);1H. The van der Waals surface area contributed by atoms with Gasteiger partial charge in [0.2, 0.25) is 0 Å². The highest BCUT2D eigenvalue weighted by molar-refractivity contribution is 14.0. The van der Waals surface area contributed by atoms with Gasteiger partial charge in [-0.1, -0.05) is 17.7 Å². The Morgan fingerprint density at radius 1 is 1.28 bits per heavy atom. The average molecular weight is 482 g/mol. The summed E-state index contributed by atoms with van der Waals surface area (Å²) < 4.78 is 29.6. The molecule has 0 fully saturated rings. The number of benzene rings is 1. The van der Waals surface area contributed by atoms with Crippen molar-refractivity contribution in [1.82, 2.24) is 15.6 Å². The quantitative estimate of drug-likeness (QED) is 0.373. The third-order valence-corrected chi connectivity index (χ3v) is 4.30. The lowest BCUT2D eigenvalue weighted by atomic mass is 10.1. The number of rotatable bonds is 6. The van der Waals surface area contributed by atoms with Crippen LogP contribution in [0.15, 0.2) is 28.7 Å². The molecule has 0 spiro atoms. The summed E-state index contributed by atoms with van der Waals surface area (Å²) in [7, 11) is 1.65. The lowest BCUT2D eigenvalue weighted by Gasteiger charge is -2.15. The minimum Gasteiger partial charge on any atom is -0.434 e. The summed E-state index contributed by atoms with van der Waals surface area (Å²) in [5.41, 5.74) is 4.39. The molecule has 0 saturated carbocycles. The van der Waals surface area contributed by atoms with Gasteiger partial charge in [-0.2, -0.15) is 8.78 Å². The molecule has 0 bridgehead atoms. The Bertz CT molecular complexity index is 709. The highest BCUT2D eigenvalue weighted by Crippen LogP contribution is 2.22. The first-order valence-electron chi connectivity index (χ1n) is 7.37. The lowest BCUT2D eigenvalue weighted by Crippen LogP contribution is -2.36. The number of ether oxygens (including phenoxy) is 1. The molecule has 2 rings (SSSR count). The first kappa shape index (κ1) is 21.6. The van der Waals surface area contributed by atoms with Gasteiger partial charge in [-0.15, -0.1) is 35.3 Å². The molecule has 1 aromatic carbocycles. The fraction of sp³-hybridized carbons (Fsp3) is 0.375. The van der Waals surface area contributed by atoms with Crippen molar-refractivity contribution in [2.24, 2.45) is 4.99 Å². The van der Waals surface area contributed by atoms with Crippen LogP contribution in [-0.2, 0) is 13.1 Å². The minimum atomic E-state index is -2.85. The second-order valence-corrected chi connectivity index (χ2v) is 6.07. The van der Waals surface area contributed by atoms with Crippen molar-refractivity contribution in [2.45, 2.75) is 33.5 Å². The van der Waals surface area contributed by atoms with E-state index in [1.807, 2.05) is 19.9 Å². The molecule has 0 amide bonds. The molecule has 0 saturated heterocycles. The zero-order valence-electron chi connectivity index (χ0n) is 14.2. The Morgan fingerprint density at radius 2 is 2.00 bits per heavy atom. The highest BCUT2D eigenvalue weighted by Gasteiger charge is 2.11. The molecule has 0 aliphatic rings. The van der Waals surface area contributed by atoms with Gasteiger partial charge in [0.1, 0.15) is 5.75 Å². The van der Waals surface area contributed by atoms with Gasteiger partial charge < -0.3 is 15.4 Å². The Hall–Kier alpha value is -1.49. The van der Waals surface area contributed by atoms with Gasteiger partial charge >= 0.3 is 6.61 Å². The number of nitrogens with one attached hydrogen (secondary N) is 2. The number of nitrogens with zero attached hydrogens (tertiary/aromatic N) is 2. The molecule has 2 aromatic rings. The first-order valence-corrected chi connectivity index (χ1v) is 8.25. The number of alkyl halides is 2. The van der Waals surface area contributed by atoms with Gasteiger partial charge in [0, 0.05) is 24.0 Å². The molecule has 138 valence electrons. The van der Waals surface area contributed by atoms with E-state index in [4.69, 9.17) is 0 Å². The molecule has 25 heavy (non-hydrogen) atoms. The molecule has 1 heterocycles. The van der Waals surface area contributed by atoms with E-state index >= 15 is 0 Å². The monoisotopic (exact) mass is 482 g/mol. The lowest BCUT2D eigenvalue weighted by molar-refractivity contribution is -0.0504. The molecular weight excluding hydrogens is 461 g/mol. The van der Waals surface area contributed by atoms with Crippen molar-refractivity contribution in [3.63, 3.8) is 0 Å². The first-order chi connectivity index (χ1) is 11.5. The van der Waals surface area contributed by atoms with Gasteiger partial charge in [-0.05, 0) is 19.9 Å². The predicted molar refractivity (Wildman–Crippen MR) is 107 cm³/mol. The Balaban J connectivity index is 0.00000312. The van der Waals surface area contributed by atoms with E-state index in [0.717, 1.165) is 16.1 Å². The number of aromatic nitrogens is 1. The second-order valence-electron chi connectivity index (χ2n) is 5.13. The fourth-order valence-electron chi connectivity index (χ4n) is 2.12. The summed E-state index contributed by atoms with van der Waals surface area (Å²) in [6, 6.07) is 5.10. The Morgan fingerprint density at radius 3 is 2.60 bits per heavy atom. The van der Waals surface area contributed by atoms with E-state index in [0.29, 0.717) is 24.6 Å². The maximum Gasteiger partial charge on any atom is 0.387 e. The number of aryl methyl sites for hydroxylation is 2. The number of thiazole rings is 1. The molecular formula is C16H21F2IN4OS. The van der Waals surface area contributed by atoms with Gasteiger partial charge in [-0.25, -0.2) is 4.98 Å². The molecule has 2 N–H and O–H groups in total. The summed E-state index contributed by atoms with van der Waals surface area (Å²) in [6.45, 7) is 1.92. The molecule has 0 aliphatic carbocycles. The SMILES string of the molecule is CN=C(NCc1cc(C)ccc1OC(F)F)NCc1scnc1C.I. The van der Waals surface area contributed by atoms with E-state index < -0.39 is 6.61 Å². The Labute approximate surface area is 166 Å². The van der Waals surface area contributed by atoms with Crippen molar-refractivity contribution in [1.29, 1.82) is 0 Å². The van der Waals surface area contributed by atoms with Crippen molar-refractivity contribution in [3.8, 4) is 5.75 Å². The van der Waals surface area contributed by atoms with Gasteiger partial charge in [-0.3, -0.25) is 4.99 Å². The average Bonchev–Trinajstić information content (AvgIpc) is 2.94. The molecule has 0 atom stereocenters. The molecule has 5 nitrogen and oxygen atoms in total. The van der Waals surface area contributed by atoms with E-state index in [2.05, 4.69) is 25.3 Å². The van der Waals surface area contributed by atoms with Crippen molar-refractivity contribution >= 4 is 41.3 Å². The topological polar surface area (TPSA) is 58.5 Å². The summed E-state index contributed by atoms with van der Waals surface area (Å²) in [6.07, 6.45) is 0. The van der Waals surface area contributed by atoms with Gasteiger partial charge in [0.05, 0.1) is 17.7 Å². The normalized spacial score (nSPS) is 11.2. The molecule has 0 aliphatic heterocycles. The second kappa shape index (κ2) is 10.5. The predicted octanol–water partition coefficient (Wildman–Crippen LogP) is 3.84. The summed E-state index contributed by atoms with van der Waals surface area (Å²) in [4.78, 5) is 9.45.